The normalized spacial score (nSPS) is 19.2. The number of aromatic amines is 1. The molecule has 0 amide bonds. The molecule has 0 saturated heterocycles. The molecule has 1 fully saturated rings. The lowest BCUT2D eigenvalue weighted by atomic mass is 10.1. The molecular weight excluding hydrogens is 374 g/mol. The molecule has 9 nitrogen and oxygen atoms in total. The molecule has 1 saturated carbocycles. The lowest BCUT2D eigenvalue weighted by molar-refractivity contribution is -0.141. The molecule has 0 radical (unpaired) electrons. The topological polar surface area (TPSA) is 130 Å². The van der Waals surface area contributed by atoms with Gasteiger partial charge < -0.3 is 15.0 Å². The Bertz CT molecular complexity index is 1180. The molecule has 3 aliphatic rings. The summed E-state index contributed by atoms with van der Waals surface area (Å²) in [5, 5.41) is 12.6. The van der Waals surface area contributed by atoms with Crippen LogP contribution in [-0.2, 0) is 11.3 Å². The van der Waals surface area contributed by atoms with Gasteiger partial charge in [-0.1, -0.05) is 0 Å². The van der Waals surface area contributed by atoms with Crippen LogP contribution < -0.4 is 16.6 Å². The van der Waals surface area contributed by atoms with Crippen molar-refractivity contribution in [2.75, 3.05) is 6.54 Å². The zero-order valence-electron chi connectivity index (χ0n) is 16.4. The molecule has 1 aromatic rings. The van der Waals surface area contributed by atoms with E-state index in [4.69, 9.17) is 5.11 Å². The van der Waals surface area contributed by atoms with E-state index >= 15 is 0 Å². The van der Waals surface area contributed by atoms with Crippen LogP contribution in [0.2, 0.25) is 0 Å². The van der Waals surface area contributed by atoms with Crippen molar-refractivity contribution in [3.63, 3.8) is 0 Å². The molecule has 0 spiro atoms. The van der Waals surface area contributed by atoms with Crippen LogP contribution in [0.15, 0.2) is 21.7 Å². The second-order valence-electron chi connectivity index (χ2n) is 7.73. The van der Waals surface area contributed by atoms with Crippen LogP contribution in [0.4, 0.5) is 0 Å². The van der Waals surface area contributed by atoms with Crippen LogP contribution in [0.5, 0.6) is 0 Å². The highest BCUT2D eigenvalue weighted by molar-refractivity contribution is 5.81. The van der Waals surface area contributed by atoms with Crippen molar-refractivity contribution in [1.82, 2.24) is 24.8 Å². The number of rotatable bonds is 5. The van der Waals surface area contributed by atoms with Gasteiger partial charge in [0.25, 0.3) is 5.56 Å². The number of nitrogens with zero attached hydrogens (tertiary/aromatic N) is 3. The summed E-state index contributed by atoms with van der Waals surface area (Å²) in [6.07, 6.45) is 2.11. The predicted octanol–water partition coefficient (Wildman–Crippen LogP) is 1.04. The van der Waals surface area contributed by atoms with E-state index in [0.717, 1.165) is 23.1 Å². The van der Waals surface area contributed by atoms with Gasteiger partial charge in [-0.25, -0.2) is 9.78 Å². The van der Waals surface area contributed by atoms with Crippen molar-refractivity contribution in [1.29, 1.82) is 0 Å². The molecule has 1 aromatic carbocycles. The van der Waals surface area contributed by atoms with Crippen LogP contribution in [0.25, 0.3) is 22.6 Å². The van der Waals surface area contributed by atoms with Gasteiger partial charge in [-0.3, -0.25) is 14.6 Å². The predicted molar refractivity (Wildman–Crippen MR) is 107 cm³/mol. The van der Waals surface area contributed by atoms with E-state index in [1.54, 1.807) is 0 Å². The van der Waals surface area contributed by atoms with E-state index in [-0.39, 0.29) is 23.5 Å². The van der Waals surface area contributed by atoms with Crippen LogP contribution in [0, 0.1) is 19.8 Å². The third kappa shape index (κ3) is 3.65. The third-order valence-corrected chi connectivity index (χ3v) is 5.77. The zero-order chi connectivity index (χ0) is 20.7. The molecule has 3 N–H and O–H groups in total. The van der Waals surface area contributed by atoms with Gasteiger partial charge in [-0.05, 0) is 56.4 Å². The fourth-order valence-electron chi connectivity index (χ4n) is 4.05. The van der Waals surface area contributed by atoms with E-state index in [2.05, 4.69) is 20.3 Å². The Morgan fingerprint density at radius 3 is 2.72 bits per heavy atom. The maximum atomic E-state index is 12.3. The number of carboxylic acid groups (broad SMARTS) is 1. The average Bonchev–Trinajstić information content (AvgIpc) is 3.13. The summed E-state index contributed by atoms with van der Waals surface area (Å²) in [7, 11) is 0. The van der Waals surface area contributed by atoms with Gasteiger partial charge in [0.05, 0.1) is 17.0 Å². The molecular formula is C20H23N5O4. The third-order valence-electron chi connectivity index (χ3n) is 5.77. The first kappa shape index (κ1) is 19.3. The molecule has 2 heterocycles. The number of benzene rings is 1. The highest BCUT2D eigenvalue weighted by Crippen LogP contribution is 2.26. The minimum atomic E-state index is -0.743. The molecule has 1 aliphatic carbocycles. The van der Waals surface area contributed by atoms with Crippen LogP contribution in [0.1, 0.15) is 30.4 Å². The van der Waals surface area contributed by atoms with E-state index < -0.39 is 17.2 Å². The lowest BCUT2D eigenvalue weighted by Gasteiger charge is -2.19. The van der Waals surface area contributed by atoms with Crippen LogP contribution in [-0.4, -0.2) is 43.2 Å². The molecule has 152 valence electrons. The Labute approximate surface area is 166 Å². The van der Waals surface area contributed by atoms with Gasteiger partial charge in [-0.2, -0.15) is 4.98 Å². The molecule has 2 aliphatic heterocycles. The van der Waals surface area contributed by atoms with Gasteiger partial charge in [-0.15, -0.1) is 0 Å². The maximum Gasteiger partial charge on any atom is 0.349 e. The number of aliphatic carboxylic acids is 1. The summed E-state index contributed by atoms with van der Waals surface area (Å²) in [5.41, 5.74) is 2.48. The SMILES string of the molecule is Cc1cc2nc3c(=O)[nH]c(=O)nc-3n(CCNC3CCC(C(=O)O)C3)c2cc1C. The Balaban J connectivity index is 1.69. The minimum absolute atomic E-state index is 0.132. The largest absolute Gasteiger partial charge is 0.481 e. The number of hydrogen-bond donors (Lipinski definition) is 3. The molecule has 4 rings (SSSR count). The Hall–Kier alpha value is -3.07. The quantitative estimate of drug-likeness (QED) is 0.549. The zero-order valence-corrected chi connectivity index (χ0v) is 16.4. The molecule has 29 heavy (non-hydrogen) atoms. The van der Waals surface area contributed by atoms with Crippen LogP contribution >= 0.6 is 0 Å². The number of aryl methyl sites for hydroxylation is 2. The summed E-state index contributed by atoms with van der Waals surface area (Å²) >= 11 is 0. The maximum absolute atomic E-state index is 12.3. The van der Waals surface area contributed by atoms with Gasteiger partial charge >= 0.3 is 11.7 Å². The monoisotopic (exact) mass is 397 g/mol. The second kappa shape index (κ2) is 7.40. The molecule has 2 atom stereocenters. The van der Waals surface area contributed by atoms with Crippen molar-refractivity contribution < 1.29 is 9.90 Å². The van der Waals surface area contributed by atoms with Crippen molar-refractivity contribution in [3.8, 4) is 11.5 Å². The van der Waals surface area contributed by atoms with Crippen molar-refractivity contribution in [3.05, 3.63) is 44.1 Å². The first-order valence-electron chi connectivity index (χ1n) is 9.71. The Morgan fingerprint density at radius 1 is 1.24 bits per heavy atom. The van der Waals surface area contributed by atoms with E-state index in [9.17, 15) is 14.4 Å². The van der Waals surface area contributed by atoms with Crippen molar-refractivity contribution in [2.24, 2.45) is 5.92 Å². The number of aromatic nitrogens is 4. The smallest absolute Gasteiger partial charge is 0.349 e. The summed E-state index contributed by atoms with van der Waals surface area (Å²) in [4.78, 5) is 45.9. The molecule has 9 heteroatoms. The number of carbonyl (C=O) groups is 1. The number of carboxylic acids is 1. The fraction of sp³-hybridized carbons (Fsp3) is 0.450. The Morgan fingerprint density at radius 2 is 2.00 bits per heavy atom. The van der Waals surface area contributed by atoms with Crippen molar-refractivity contribution in [2.45, 2.75) is 45.7 Å². The standard InChI is InChI=1S/C20H23N5O4/c1-10-7-14-15(8-11(10)2)25(17-16(22-14)18(26)24-20(29)23-17)6-5-21-13-4-3-12(9-13)19(27)28/h7-8,12-13,21H,3-6,9H2,1-2H3,(H,27,28)(H,24,26,29). The summed E-state index contributed by atoms with van der Waals surface area (Å²) in [6, 6.07) is 4.06. The number of hydrogen-bond acceptors (Lipinski definition) is 6. The first-order valence-corrected chi connectivity index (χ1v) is 9.71. The van der Waals surface area contributed by atoms with Crippen molar-refractivity contribution >= 4 is 17.0 Å². The van der Waals surface area contributed by atoms with Gasteiger partial charge in [0, 0.05) is 19.1 Å². The average molecular weight is 397 g/mol. The van der Waals surface area contributed by atoms with E-state index in [1.165, 1.54) is 0 Å². The summed E-state index contributed by atoms with van der Waals surface area (Å²) in [5.74, 6) is -0.783. The second-order valence-corrected chi connectivity index (χ2v) is 7.73. The van der Waals surface area contributed by atoms with Crippen LogP contribution in [0.3, 0.4) is 0 Å². The highest BCUT2D eigenvalue weighted by atomic mass is 16.4. The van der Waals surface area contributed by atoms with Gasteiger partial charge in [0.15, 0.2) is 11.5 Å². The molecule has 2 unspecified atom stereocenters. The summed E-state index contributed by atoms with van der Waals surface area (Å²) < 4.78 is 1.84. The van der Waals surface area contributed by atoms with E-state index in [1.807, 2.05) is 30.5 Å². The lowest BCUT2D eigenvalue weighted by Crippen LogP contribution is -2.33. The minimum Gasteiger partial charge on any atom is -0.481 e. The van der Waals surface area contributed by atoms with Gasteiger partial charge in [0.2, 0.25) is 0 Å². The number of fused-ring (bicyclic) bond motifs is 2. The van der Waals surface area contributed by atoms with Gasteiger partial charge in [0.1, 0.15) is 0 Å². The molecule has 0 bridgehead atoms. The fourth-order valence-corrected chi connectivity index (χ4v) is 4.05. The Kier molecular flexibility index (Phi) is 4.91. The number of nitrogens with one attached hydrogen (secondary N) is 2. The highest BCUT2D eigenvalue weighted by Gasteiger charge is 2.29. The summed E-state index contributed by atoms with van der Waals surface area (Å²) in [6.45, 7) is 5.01. The first-order chi connectivity index (χ1) is 13.8. The van der Waals surface area contributed by atoms with E-state index in [0.29, 0.717) is 31.4 Å². The number of H-pyrrole nitrogens is 1. The molecule has 0 aromatic heterocycles.